The van der Waals surface area contributed by atoms with Crippen LogP contribution in [0, 0.1) is 11.8 Å². The largest absolute Gasteiger partial charge is 0.332 e. The van der Waals surface area contributed by atoms with Gasteiger partial charge in [-0.1, -0.05) is 13.8 Å². The summed E-state index contributed by atoms with van der Waals surface area (Å²) in [6, 6.07) is 0.675. The van der Waals surface area contributed by atoms with Gasteiger partial charge in [-0.05, 0) is 13.3 Å². The molecule has 0 amide bonds. The molecule has 112 valence electrons. The molecule has 0 unspecified atom stereocenters. The molecule has 2 atom stereocenters. The topological polar surface area (TPSA) is 41.8 Å². The van der Waals surface area contributed by atoms with Gasteiger partial charge in [0, 0.05) is 37.8 Å². The normalized spacial score (nSPS) is 35.4. The van der Waals surface area contributed by atoms with E-state index in [4.69, 9.17) is 0 Å². The predicted molar refractivity (Wildman–Crippen MR) is 77.7 cm³/mol. The van der Waals surface area contributed by atoms with E-state index < -0.39 is 10.0 Å². The smallest absolute Gasteiger partial charge is 0.213 e. The van der Waals surface area contributed by atoms with Crippen molar-refractivity contribution < 1.29 is 13.3 Å². The third-order valence-corrected chi connectivity index (χ3v) is 6.70. The first-order chi connectivity index (χ1) is 8.92. The lowest BCUT2D eigenvalue weighted by Gasteiger charge is -2.40. The van der Waals surface area contributed by atoms with Gasteiger partial charge >= 0.3 is 0 Å². The van der Waals surface area contributed by atoms with Crippen LogP contribution in [0.5, 0.6) is 0 Å². The molecule has 2 fully saturated rings. The summed E-state index contributed by atoms with van der Waals surface area (Å²) in [5, 5.41) is 0. The standard InChI is InChI=1S/C14H28N2O2S/c1-4-19(17,18)16-7-5-14(6-8-16)15-10-12(2)9-13(3)11-15/h12-14H,4-11H2,1-3H3/p+1/t12-,13-/m1/s1. The highest BCUT2D eigenvalue weighted by Crippen LogP contribution is 2.16. The summed E-state index contributed by atoms with van der Waals surface area (Å²) in [6.45, 7) is 10.4. The lowest BCUT2D eigenvalue weighted by molar-refractivity contribution is -0.938. The molecule has 2 aliphatic rings. The molecule has 0 saturated carbocycles. The van der Waals surface area contributed by atoms with E-state index in [9.17, 15) is 8.42 Å². The molecule has 0 aromatic heterocycles. The summed E-state index contributed by atoms with van der Waals surface area (Å²) in [5.74, 6) is 1.87. The van der Waals surface area contributed by atoms with E-state index in [0.29, 0.717) is 6.04 Å². The fourth-order valence-corrected chi connectivity index (χ4v) is 5.02. The van der Waals surface area contributed by atoms with Gasteiger partial charge < -0.3 is 4.90 Å². The summed E-state index contributed by atoms with van der Waals surface area (Å²) in [5.41, 5.74) is 0. The second kappa shape index (κ2) is 6.10. The van der Waals surface area contributed by atoms with Crippen molar-refractivity contribution in [1.29, 1.82) is 0 Å². The second-order valence-electron chi connectivity index (χ2n) is 6.59. The minimum Gasteiger partial charge on any atom is -0.332 e. The average molecular weight is 289 g/mol. The Morgan fingerprint density at radius 2 is 1.63 bits per heavy atom. The fraction of sp³-hybridized carbons (Fsp3) is 1.00. The first-order valence-corrected chi connectivity index (χ1v) is 9.35. The van der Waals surface area contributed by atoms with Crippen molar-refractivity contribution in [3.8, 4) is 0 Å². The number of piperidine rings is 2. The second-order valence-corrected chi connectivity index (χ2v) is 8.84. The first kappa shape index (κ1) is 15.3. The number of nitrogens with zero attached hydrogens (tertiary/aromatic N) is 1. The lowest BCUT2D eigenvalue weighted by atomic mass is 9.89. The van der Waals surface area contributed by atoms with E-state index in [1.54, 1.807) is 16.1 Å². The van der Waals surface area contributed by atoms with Gasteiger partial charge in [0.2, 0.25) is 10.0 Å². The number of nitrogens with one attached hydrogen (secondary N) is 1. The molecule has 19 heavy (non-hydrogen) atoms. The molecule has 2 saturated heterocycles. The molecule has 2 aliphatic heterocycles. The van der Waals surface area contributed by atoms with Gasteiger partial charge in [-0.3, -0.25) is 0 Å². The number of quaternary nitrogens is 1. The van der Waals surface area contributed by atoms with Crippen molar-refractivity contribution in [2.24, 2.45) is 11.8 Å². The van der Waals surface area contributed by atoms with Crippen LogP contribution in [-0.2, 0) is 10.0 Å². The number of rotatable bonds is 3. The highest BCUT2D eigenvalue weighted by Gasteiger charge is 2.35. The van der Waals surface area contributed by atoms with Crippen LogP contribution in [0.1, 0.15) is 40.0 Å². The van der Waals surface area contributed by atoms with Crippen molar-refractivity contribution >= 4 is 10.0 Å². The lowest BCUT2D eigenvalue weighted by Crippen LogP contribution is -3.18. The van der Waals surface area contributed by atoms with E-state index in [-0.39, 0.29) is 5.75 Å². The molecule has 2 heterocycles. The first-order valence-electron chi connectivity index (χ1n) is 7.74. The molecule has 2 rings (SSSR count). The van der Waals surface area contributed by atoms with Crippen LogP contribution in [0.2, 0.25) is 0 Å². The SMILES string of the molecule is CCS(=O)(=O)N1CCC([NH+]2C[C@H](C)C[C@@H](C)C2)CC1. The molecule has 0 bridgehead atoms. The highest BCUT2D eigenvalue weighted by atomic mass is 32.2. The van der Waals surface area contributed by atoms with Crippen molar-refractivity contribution in [3.05, 3.63) is 0 Å². The zero-order valence-electron chi connectivity index (χ0n) is 12.6. The summed E-state index contributed by atoms with van der Waals surface area (Å²) < 4.78 is 25.4. The maximum atomic E-state index is 11.9. The van der Waals surface area contributed by atoms with E-state index in [0.717, 1.165) is 37.8 Å². The van der Waals surface area contributed by atoms with Crippen molar-refractivity contribution in [2.75, 3.05) is 31.9 Å². The molecule has 1 N–H and O–H groups in total. The fourth-order valence-electron chi connectivity index (χ4n) is 3.89. The van der Waals surface area contributed by atoms with Gasteiger partial charge in [0.1, 0.15) is 0 Å². The minimum atomic E-state index is -2.97. The molecule has 0 radical (unpaired) electrons. The van der Waals surface area contributed by atoms with Crippen LogP contribution in [-0.4, -0.2) is 50.7 Å². The Morgan fingerprint density at radius 1 is 1.11 bits per heavy atom. The number of likely N-dealkylation sites (tertiary alicyclic amines) is 1. The third kappa shape index (κ3) is 3.70. The van der Waals surface area contributed by atoms with Gasteiger partial charge in [-0.25, -0.2) is 12.7 Å². The van der Waals surface area contributed by atoms with Gasteiger partial charge in [-0.2, -0.15) is 0 Å². The average Bonchev–Trinajstić information content (AvgIpc) is 2.38. The van der Waals surface area contributed by atoms with E-state index in [1.165, 1.54) is 19.5 Å². The summed E-state index contributed by atoms with van der Waals surface area (Å²) in [6.07, 6.45) is 3.43. The zero-order valence-corrected chi connectivity index (χ0v) is 13.4. The Labute approximate surface area is 118 Å². The van der Waals surface area contributed by atoms with Crippen LogP contribution < -0.4 is 4.90 Å². The van der Waals surface area contributed by atoms with Crippen LogP contribution in [0.4, 0.5) is 0 Å². The molecule has 0 aromatic carbocycles. The highest BCUT2D eigenvalue weighted by molar-refractivity contribution is 7.89. The van der Waals surface area contributed by atoms with Gasteiger partial charge in [0.05, 0.1) is 24.9 Å². The monoisotopic (exact) mass is 289 g/mol. The van der Waals surface area contributed by atoms with Gasteiger partial charge in [-0.15, -0.1) is 0 Å². The quantitative estimate of drug-likeness (QED) is 0.815. The van der Waals surface area contributed by atoms with Crippen molar-refractivity contribution in [3.63, 3.8) is 0 Å². The summed E-state index contributed by atoms with van der Waals surface area (Å²) in [4.78, 5) is 1.72. The van der Waals surface area contributed by atoms with Gasteiger partial charge in [0.25, 0.3) is 0 Å². The van der Waals surface area contributed by atoms with Crippen molar-refractivity contribution in [1.82, 2.24) is 4.31 Å². The summed E-state index contributed by atoms with van der Waals surface area (Å²) >= 11 is 0. The van der Waals surface area contributed by atoms with Crippen LogP contribution in [0.25, 0.3) is 0 Å². The molecule has 4 nitrogen and oxygen atoms in total. The Bertz CT molecular complexity index is 378. The summed E-state index contributed by atoms with van der Waals surface area (Å²) in [7, 11) is -2.97. The third-order valence-electron chi connectivity index (χ3n) is 4.82. The van der Waals surface area contributed by atoms with E-state index in [2.05, 4.69) is 13.8 Å². The van der Waals surface area contributed by atoms with Crippen LogP contribution >= 0.6 is 0 Å². The Balaban J connectivity index is 1.89. The predicted octanol–water partition coefficient (Wildman–Crippen LogP) is 0.361. The Hall–Kier alpha value is -0.130. The minimum absolute atomic E-state index is 0.238. The van der Waals surface area contributed by atoms with Gasteiger partial charge in [0.15, 0.2) is 0 Å². The number of sulfonamides is 1. The molecule has 0 aromatic rings. The molecule has 0 spiro atoms. The van der Waals surface area contributed by atoms with E-state index in [1.807, 2.05) is 0 Å². The number of hydrogen-bond donors (Lipinski definition) is 1. The Morgan fingerprint density at radius 3 is 2.11 bits per heavy atom. The molecular weight excluding hydrogens is 260 g/mol. The molecule has 0 aliphatic carbocycles. The molecular formula is C14H29N2O2S+. The number of hydrogen-bond acceptors (Lipinski definition) is 2. The maximum Gasteiger partial charge on any atom is 0.213 e. The van der Waals surface area contributed by atoms with Crippen LogP contribution in [0.3, 0.4) is 0 Å². The van der Waals surface area contributed by atoms with Crippen LogP contribution in [0.15, 0.2) is 0 Å². The Kier molecular flexibility index (Phi) is 4.90. The maximum absolute atomic E-state index is 11.9. The van der Waals surface area contributed by atoms with Crippen molar-refractivity contribution in [2.45, 2.75) is 46.1 Å². The zero-order chi connectivity index (χ0) is 14.0. The molecule has 5 heteroatoms. The van der Waals surface area contributed by atoms with E-state index >= 15 is 0 Å².